The number of nitriles is 1. The lowest BCUT2D eigenvalue weighted by Gasteiger charge is -2.26. The van der Waals surface area contributed by atoms with Crippen molar-refractivity contribution in [1.29, 1.82) is 5.26 Å². The van der Waals surface area contributed by atoms with Crippen LogP contribution >= 0.6 is 0 Å². The lowest BCUT2D eigenvalue weighted by atomic mass is 10.0. The van der Waals surface area contributed by atoms with Crippen molar-refractivity contribution >= 4 is 23.4 Å². The molecule has 0 aliphatic heterocycles. The van der Waals surface area contributed by atoms with Gasteiger partial charge in [0.2, 0.25) is 0 Å². The van der Waals surface area contributed by atoms with Gasteiger partial charge in [0.05, 0.1) is 30.1 Å². The Morgan fingerprint density at radius 1 is 1.30 bits per heavy atom. The molecule has 10 nitrogen and oxygen atoms in total. The van der Waals surface area contributed by atoms with Gasteiger partial charge in [-0.15, -0.1) is 0 Å². The monoisotopic (exact) mass is 462 g/mol. The first-order valence-corrected chi connectivity index (χ1v) is 10.2. The van der Waals surface area contributed by atoms with E-state index in [1.165, 1.54) is 13.3 Å². The zero-order chi connectivity index (χ0) is 24.0. The van der Waals surface area contributed by atoms with Crippen LogP contribution in [0.4, 0.5) is 30.9 Å². The molecule has 0 saturated heterocycles. The van der Waals surface area contributed by atoms with Crippen molar-refractivity contribution in [3.8, 4) is 11.9 Å². The van der Waals surface area contributed by atoms with Crippen molar-refractivity contribution in [3.63, 3.8) is 0 Å². The predicted octanol–water partition coefficient (Wildman–Crippen LogP) is 3.24. The maximum Gasteiger partial charge on any atom is 0.404 e. The molecule has 2 heterocycles. The molecule has 176 valence electrons. The molecule has 2 aromatic rings. The number of nitrogens with zero attached hydrogens (tertiary/aromatic N) is 3. The largest absolute Gasteiger partial charge is 0.473 e. The molecule has 4 N–H and O–H groups in total. The highest BCUT2D eigenvalue weighted by Crippen LogP contribution is 2.36. The summed E-state index contributed by atoms with van der Waals surface area (Å²) < 4.78 is 38.9. The third-order valence-corrected chi connectivity index (χ3v) is 5.02. The number of carbonyl (C=O) groups is 1. The van der Waals surface area contributed by atoms with Gasteiger partial charge in [0, 0.05) is 19.2 Å². The van der Waals surface area contributed by atoms with Gasteiger partial charge in [-0.2, -0.15) is 5.26 Å². The number of aromatic nitrogens is 2. The molecule has 1 aliphatic carbocycles. The topological polar surface area (TPSA) is 141 Å². The number of anilines is 3. The first-order chi connectivity index (χ1) is 15.8. The van der Waals surface area contributed by atoms with Gasteiger partial charge in [0.15, 0.2) is 23.3 Å². The number of hydrogen-bond donors (Lipinski definition) is 4. The van der Waals surface area contributed by atoms with E-state index in [1.807, 2.05) is 6.07 Å². The van der Waals surface area contributed by atoms with Crippen LogP contribution in [0.1, 0.15) is 25.3 Å². The molecule has 2 atom stereocenters. The fourth-order valence-corrected chi connectivity index (χ4v) is 3.28. The molecule has 0 spiro atoms. The molecule has 0 aromatic carbocycles. The van der Waals surface area contributed by atoms with E-state index in [9.17, 15) is 18.8 Å². The van der Waals surface area contributed by atoms with Gasteiger partial charge in [-0.1, -0.05) is 0 Å². The third-order valence-electron chi connectivity index (χ3n) is 5.02. The number of rotatable bonds is 11. The smallest absolute Gasteiger partial charge is 0.404 e. The number of methoxy groups -OCH3 is 1. The Labute approximate surface area is 188 Å². The standard InChI is InChI=1S/C21H24F2N6O4/c1-11(26-21(30)31)17(12-3-4-12)28-19-15(22)7-13(9-24)18(29-19)27-14-8-16(23)20(25-10-14)33-6-5-32-2/h7-8,10-12,17,26H,3-6H2,1-2H3,(H,30,31)(H2,27,28,29)/t11-,17+/m0/s1. The summed E-state index contributed by atoms with van der Waals surface area (Å²) in [7, 11) is 1.49. The number of ether oxygens (including phenoxy) is 2. The molecule has 0 bridgehead atoms. The van der Waals surface area contributed by atoms with Gasteiger partial charge < -0.3 is 30.5 Å². The summed E-state index contributed by atoms with van der Waals surface area (Å²) in [5.74, 6) is -1.72. The second-order valence-electron chi connectivity index (χ2n) is 7.55. The zero-order valence-corrected chi connectivity index (χ0v) is 18.1. The minimum atomic E-state index is -1.19. The molecule has 1 fully saturated rings. The van der Waals surface area contributed by atoms with E-state index in [0.29, 0.717) is 0 Å². The van der Waals surface area contributed by atoms with Crippen molar-refractivity contribution < 1.29 is 28.2 Å². The molecular weight excluding hydrogens is 438 g/mol. The summed E-state index contributed by atoms with van der Waals surface area (Å²) in [6.07, 6.45) is 1.84. The van der Waals surface area contributed by atoms with Gasteiger partial charge in [-0.05, 0) is 31.7 Å². The van der Waals surface area contributed by atoms with Crippen LogP contribution in [0.5, 0.6) is 5.88 Å². The Morgan fingerprint density at radius 3 is 2.67 bits per heavy atom. The van der Waals surface area contributed by atoms with Gasteiger partial charge >= 0.3 is 6.09 Å². The Kier molecular flexibility index (Phi) is 7.78. The number of carboxylic acid groups (broad SMARTS) is 1. The fraction of sp³-hybridized carbons (Fsp3) is 0.429. The summed E-state index contributed by atoms with van der Waals surface area (Å²) in [5.41, 5.74) is 0.0753. The van der Waals surface area contributed by atoms with E-state index in [4.69, 9.17) is 14.6 Å². The molecule has 33 heavy (non-hydrogen) atoms. The van der Waals surface area contributed by atoms with Crippen molar-refractivity contribution in [2.75, 3.05) is 31.0 Å². The maximum absolute atomic E-state index is 14.7. The lowest BCUT2D eigenvalue weighted by molar-refractivity contribution is 0.141. The highest BCUT2D eigenvalue weighted by atomic mass is 19.1. The summed E-state index contributed by atoms with van der Waals surface area (Å²) >= 11 is 0. The van der Waals surface area contributed by atoms with Crippen LogP contribution in [-0.4, -0.2) is 53.6 Å². The second-order valence-corrected chi connectivity index (χ2v) is 7.55. The van der Waals surface area contributed by atoms with Crippen LogP contribution in [0.3, 0.4) is 0 Å². The van der Waals surface area contributed by atoms with Crippen molar-refractivity contribution in [3.05, 3.63) is 35.5 Å². The summed E-state index contributed by atoms with van der Waals surface area (Å²) in [5, 5.41) is 26.5. The molecular formula is C21H24F2N6O4. The van der Waals surface area contributed by atoms with Crippen molar-refractivity contribution in [2.24, 2.45) is 5.92 Å². The van der Waals surface area contributed by atoms with Crippen LogP contribution in [0, 0.1) is 28.9 Å². The minimum Gasteiger partial charge on any atom is -0.473 e. The summed E-state index contributed by atoms with van der Waals surface area (Å²) in [4.78, 5) is 19.1. The van der Waals surface area contributed by atoms with Gasteiger partial charge in [-0.3, -0.25) is 0 Å². The minimum absolute atomic E-state index is 0.0101. The highest BCUT2D eigenvalue weighted by Gasteiger charge is 2.36. The number of nitrogens with one attached hydrogen (secondary N) is 3. The third kappa shape index (κ3) is 6.39. The van der Waals surface area contributed by atoms with Crippen molar-refractivity contribution in [2.45, 2.75) is 31.8 Å². The average Bonchev–Trinajstić information content (AvgIpc) is 3.60. The molecule has 1 amide bonds. The molecule has 0 unspecified atom stereocenters. The van der Waals surface area contributed by atoms with E-state index in [1.54, 1.807) is 6.92 Å². The first kappa shape index (κ1) is 23.9. The summed E-state index contributed by atoms with van der Waals surface area (Å²) in [6.45, 7) is 2.07. The fourth-order valence-electron chi connectivity index (χ4n) is 3.28. The molecule has 12 heteroatoms. The van der Waals surface area contributed by atoms with Crippen LogP contribution < -0.4 is 20.7 Å². The highest BCUT2D eigenvalue weighted by molar-refractivity contribution is 5.66. The number of pyridine rings is 2. The Morgan fingerprint density at radius 2 is 2.06 bits per heavy atom. The molecule has 3 rings (SSSR count). The SMILES string of the molecule is COCCOc1ncc(Nc2nc(N[C@@H](C3CC3)[C@H](C)NC(=O)O)c(F)cc2C#N)cc1F. The number of amides is 1. The normalized spacial score (nSPS) is 14.6. The molecule has 0 radical (unpaired) electrons. The van der Waals surface area contributed by atoms with Gasteiger partial charge in [0.25, 0.3) is 5.88 Å². The van der Waals surface area contributed by atoms with Gasteiger partial charge in [0.1, 0.15) is 12.7 Å². The van der Waals surface area contributed by atoms with Crippen LogP contribution in [0.15, 0.2) is 18.3 Å². The number of halogens is 2. The van der Waals surface area contributed by atoms with Crippen molar-refractivity contribution in [1.82, 2.24) is 15.3 Å². The predicted molar refractivity (Wildman–Crippen MR) is 115 cm³/mol. The quantitative estimate of drug-likeness (QED) is 0.370. The molecule has 2 aromatic heterocycles. The second kappa shape index (κ2) is 10.7. The van der Waals surface area contributed by atoms with Gasteiger partial charge in [-0.25, -0.2) is 23.5 Å². The Balaban J connectivity index is 1.81. The van der Waals surface area contributed by atoms with E-state index in [2.05, 4.69) is 25.9 Å². The number of hydrogen-bond acceptors (Lipinski definition) is 8. The Bertz CT molecular complexity index is 1040. The van der Waals surface area contributed by atoms with E-state index in [0.717, 1.165) is 25.0 Å². The van der Waals surface area contributed by atoms with Crippen LogP contribution in [0.2, 0.25) is 0 Å². The maximum atomic E-state index is 14.7. The van der Waals surface area contributed by atoms with Crippen LogP contribution in [0.25, 0.3) is 0 Å². The lowest BCUT2D eigenvalue weighted by Crippen LogP contribution is -2.45. The average molecular weight is 462 g/mol. The molecule has 1 aliphatic rings. The Hall–Kier alpha value is -3.72. The first-order valence-electron chi connectivity index (χ1n) is 10.2. The van der Waals surface area contributed by atoms with E-state index in [-0.39, 0.29) is 47.9 Å². The zero-order valence-electron chi connectivity index (χ0n) is 18.1. The van der Waals surface area contributed by atoms with E-state index < -0.39 is 29.8 Å². The molecule has 1 saturated carbocycles. The van der Waals surface area contributed by atoms with Crippen LogP contribution in [-0.2, 0) is 4.74 Å². The van der Waals surface area contributed by atoms with E-state index >= 15 is 0 Å². The summed E-state index contributed by atoms with van der Waals surface area (Å²) in [6, 6.07) is 3.06.